The predicted octanol–water partition coefficient (Wildman–Crippen LogP) is 2.71. The highest BCUT2D eigenvalue weighted by atomic mass is 14.9. The maximum atomic E-state index is 8.97. The van der Waals surface area contributed by atoms with Gasteiger partial charge in [-0.1, -0.05) is 5.92 Å². The first-order valence-corrected chi connectivity index (χ1v) is 5.68. The quantitative estimate of drug-likeness (QED) is 0.679. The van der Waals surface area contributed by atoms with Crippen molar-refractivity contribution in [2.75, 3.05) is 0 Å². The standard InChI is InChI=1S/C15H12N2/c1-3-15(6-7-15)13-10-17(2)14-5-4-11(9-16)8-12(13)14/h1,4-5,8,10H,6-7H2,2H3. The molecule has 0 unspecified atom stereocenters. The Balaban J connectivity index is 2.33. The third kappa shape index (κ3) is 1.28. The largest absolute Gasteiger partial charge is 0.350 e. The molecule has 1 saturated carbocycles. The Hall–Kier alpha value is -2.19. The van der Waals surface area contributed by atoms with E-state index in [-0.39, 0.29) is 5.41 Å². The molecule has 0 saturated heterocycles. The van der Waals surface area contributed by atoms with Gasteiger partial charge in [-0.2, -0.15) is 5.26 Å². The highest BCUT2D eigenvalue weighted by Crippen LogP contribution is 2.50. The maximum Gasteiger partial charge on any atom is 0.0991 e. The van der Waals surface area contributed by atoms with Crippen molar-refractivity contribution in [1.29, 1.82) is 5.26 Å². The van der Waals surface area contributed by atoms with Gasteiger partial charge in [0.2, 0.25) is 0 Å². The minimum Gasteiger partial charge on any atom is -0.350 e. The first kappa shape index (κ1) is 10.00. The van der Waals surface area contributed by atoms with Crippen LogP contribution in [0.15, 0.2) is 24.4 Å². The Bertz CT molecular complexity index is 688. The Morgan fingerprint density at radius 1 is 1.41 bits per heavy atom. The van der Waals surface area contributed by atoms with Crippen molar-refractivity contribution in [3.05, 3.63) is 35.5 Å². The molecule has 0 aliphatic heterocycles. The molecule has 2 aromatic rings. The van der Waals surface area contributed by atoms with Crippen molar-refractivity contribution in [3.63, 3.8) is 0 Å². The summed E-state index contributed by atoms with van der Waals surface area (Å²) in [5, 5.41) is 10.1. The molecule has 1 aliphatic carbocycles. The van der Waals surface area contributed by atoms with E-state index in [4.69, 9.17) is 11.7 Å². The molecule has 0 spiro atoms. The van der Waals surface area contributed by atoms with Crippen LogP contribution in [-0.4, -0.2) is 4.57 Å². The minimum atomic E-state index is -0.0758. The average Bonchev–Trinajstić information content (AvgIpc) is 3.09. The molecule has 0 N–H and O–H groups in total. The zero-order valence-electron chi connectivity index (χ0n) is 9.70. The fourth-order valence-corrected chi connectivity index (χ4v) is 2.46. The lowest BCUT2D eigenvalue weighted by molar-refractivity contribution is 0.901. The molecule has 1 heterocycles. The molecule has 0 atom stereocenters. The topological polar surface area (TPSA) is 28.7 Å². The van der Waals surface area contributed by atoms with Crippen LogP contribution in [0.5, 0.6) is 0 Å². The van der Waals surface area contributed by atoms with E-state index in [1.54, 1.807) is 0 Å². The van der Waals surface area contributed by atoms with E-state index >= 15 is 0 Å². The number of benzene rings is 1. The highest BCUT2D eigenvalue weighted by molar-refractivity contribution is 5.87. The van der Waals surface area contributed by atoms with E-state index in [9.17, 15) is 0 Å². The molecule has 0 radical (unpaired) electrons. The molecular formula is C15H12N2. The molecule has 3 rings (SSSR count). The first-order valence-electron chi connectivity index (χ1n) is 5.68. The number of aromatic nitrogens is 1. The van der Waals surface area contributed by atoms with E-state index in [0.717, 1.165) is 23.7 Å². The molecule has 1 fully saturated rings. The lowest BCUT2D eigenvalue weighted by atomic mass is 9.96. The van der Waals surface area contributed by atoms with Gasteiger partial charge in [-0.25, -0.2) is 0 Å². The second kappa shape index (κ2) is 3.15. The van der Waals surface area contributed by atoms with E-state index in [1.807, 2.05) is 25.2 Å². The van der Waals surface area contributed by atoms with Crippen LogP contribution >= 0.6 is 0 Å². The van der Waals surface area contributed by atoms with E-state index in [0.29, 0.717) is 5.56 Å². The fourth-order valence-electron chi connectivity index (χ4n) is 2.46. The summed E-state index contributed by atoms with van der Waals surface area (Å²) in [6, 6.07) is 7.97. The van der Waals surface area contributed by atoms with Gasteiger partial charge in [0.15, 0.2) is 0 Å². The Morgan fingerprint density at radius 2 is 2.18 bits per heavy atom. The van der Waals surface area contributed by atoms with Gasteiger partial charge in [0.05, 0.1) is 17.0 Å². The van der Waals surface area contributed by atoms with Crippen LogP contribution in [0, 0.1) is 23.7 Å². The zero-order chi connectivity index (χ0) is 12.0. The van der Waals surface area contributed by atoms with Crippen molar-refractivity contribution in [3.8, 4) is 18.4 Å². The van der Waals surface area contributed by atoms with Crippen molar-refractivity contribution in [2.24, 2.45) is 7.05 Å². The summed E-state index contributed by atoms with van der Waals surface area (Å²) in [6.07, 6.45) is 9.87. The Labute approximate surface area is 100 Å². The predicted molar refractivity (Wildman–Crippen MR) is 67.4 cm³/mol. The average molecular weight is 220 g/mol. The molecule has 2 nitrogen and oxygen atoms in total. The first-order chi connectivity index (χ1) is 8.20. The number of rotatable bonds is 1. The lowest BCUT2D eigenvalue weighted by Crippen LogP contribution is -2.01. The normalized spacial score (nSPS) is 16.4. The highest BCUT2D eigenvalue weighted by Gasteiger charge is 2.44. The third-order valence-corrected chi connectivity index (χ3v) is 3.66. The van der Waals surface area contributed by atoms with Crippen LogP contribution in [0.1, 0.15) is 24.0 Å². The molecule has 17 heavy (non-hydrogen) atoms. The molecule has 0 bridgehead atoms. The van der Waals surface area contributed by atoms with Gasteiger partial charge in [0, 0.05) is 24.1 Å². The van der Waals surface area contributed by atoms with Crippen LogP contribution in [-0.2, 0) is 12.5 Å². The van der Waals surface area contributed by atoms with Gasteiger partial charge in [0.25, 0.3) is 0 Å². The maximum absolute atomic E-state index is 8.97. The molecule has 82 valence electrons. The number of nitriles is 1. The lowest BCUT2D eigenvalue weighted by Gasteiger charge is -2.05. The molecule has 1 aromatic carbocycles. The zero-order valence-corrected chi connectivity index (χ0v) is 9.70. The second-order valence-corrected chi connectivity index (χ2v) is 4.72. The summed E-state index contributed by atoms with van der Waals surface area (Å²) >= 11 is 0. The number of aryl methyl sites for hydroxylation is 1. The summed E-state index contributed by atoms with van der Waals surface area (Å²) in [5.41, 5.74) is 2.96. The van der Waals surface area contributed by atoms with Gasteiger partial charge in [0.1, 0.15) is 0 Å². The minimum absolute atomic E-state index is 0.0758. The number of nitrogens with zero attached hydrogens (tertiary/aromatic N) is 2. The van der Waals surface area contributed by atoms with Crippen molar-refractivity contribution < 1.29 is 0 Å². The van der Waals surface area contributed by atoms with Gasteiger partial charge >= 0.3 is 0 Å². The van der Waals surface area contributed by atoms with Crippen molar-refractivity contribution >= 4 is 10.9 Å². The molecule has 1 aliphatic rings. The van der Waals surface area contributed by atoms with Crippen molar-refractivity contribution in [1.82, 2.24) is 4.57 Å². The van der Waals surface area contributed by atoms with Crippen LogP contribution in [0.3, 0.4) is 0 Å². The van der Waals surface area contributed by atoms with E-state index < -0.39 is 0 Å². The molecule has 1 aromatic heterocycles. The summed E-state index contributed by atoms with van der Waals surface area (Å²) in [5.74, 6) is 2.92. The fraction of sp³-hybridized carbons (Fsp3) is 0.267. The van der Waals surface area contributed by atoms with Gasteiger partial charge in [-0.15, -0.1) is 6.42 Å². The SMILES string of the molecule is C#CC1(c2cn(C)c3ccc(C#N)cc23)CC1. The van der Waals surface area contributed by atoms with Gasteiger partial charge in [-0.05, 0) is 36.6 Å². The molecule has 2 heteroatoms. The molecule has 0 amide bonds. The smallest absolute Gasteiger partial charge is 0.0991 e. The number of hydrogen-bond donors (Lipinski definition) is 0. The van der Waals surface area contributed by atoms with Crippen LogP contribution in [0.4, 0.5) is 0 Å². The summed E-state index contributed by atoms with van der Waals surface area (Å²) in [7, 11) is 2.02. The van der Waals surface area contributed by atoms with Crippen molar-refractivity contribution in [2.45, 2.75) is 18.3 Å². The van der Waals surface area contributed by atoms with Crippen LogP contribution < -0.4 is 0 Å². The van der Waals surface area contributed by atoms with Gasteiger partial charge < -0.3 is 4.57 Å². The third-order valence-electron chi connectivity index (χ3n) is 3.66. The molecular weight excluding hydrogens is 208 g/mol. The number of hydrogen-bond acceptors (Lipinski definition) is 1. The van der Waals surface area contributed by atoms with Crippen LogP contribution in [0.2, 0.25) is 0 Å². The van der Waals surface area contributed by atoms with Crippen LogP contribution in [0.25, 0.3) is 10.9 Å². The Kier molecular flexibility index (Phi) is 1.85. The Morgan fingerprint density at radius 3 is 2.76 bits per heavy atom. The van der Waals surface area contributed by atoms with Gasteiger partial charge in [-0.3, -0.25) is 0 Å². The second-order valence-electron chi connectivity index (χ2n) is 4.72. The number of fused-ring (bicyclic) bond motifs is 1. The van der Waals surface area contributed by atoms with E-state index in [2.05, 4.69) is 22.8 Å². The monoisotopic (exact) mass is 220 g/mol. The summed E-state index contributed by atoms with van der Waals surface area (Å²) < 4.78 is 2.09. The van der Waals surface area contributed by atoms with E-state index in [1.165, 1.54) is 5.56 Å². The summed E-state index contributed by atoms with van der Waals surface area (Å²) in [4.78, 5) is 0. The summed E-state index contributed by atoms with van der Waals surface area (Å²) in [6.45, 7) is 0. The number of terminal acetylenes is 1.